The highest BCUT2D eigenvalue weighted by Crippen LogP contribution is 2.35. The molecule has 0 aliphatic carbocycles. The first-order valence-electron chi connectivity index (χ1n) is 10.3. The van der Waals surface area contributed by atoms with Crippen LogP contribution in [0.5, 0.6) is 0 Å². The maximum atomic E-state index is 13.0. The van der Waals surface area contributed by atoms with Crippen molar-refractivity contribution in [3.8, 4) is 11.5 Å². The van der Waals surface area contributed by atoms with Crippen molar-refractivity contribution in [2.45, 2.75) is 16.8 Å². The quantitative estimate of drug-likeness (QED) is 0.258. The van der Waals surface area contributed by atoms with E-state index in [1.54, 1.807) is 18.0 Å². The number of halogens is 3. The van der Waals surface area contributed by atoms with Crippen LogP contribution in [0.1, 0.15) is 11.1 Å². The normalized spacial score (nSPS) is 11.6. The van der Waals surface area contributed by atoms with Crippen LogP contribution < -0.4 is 5.32 Å². The number of rotatable bonds is 6. The Labute approximate surface area is 197 Å². The summed E-state index contributed by atoms with van der Waals surface area (Å²) < 4.78 is 44.6. The Bertz CT molecular complexity index is 1450. The molecule has 0 saturated carbocycles. The molecule has 0 atom stereocenters. The lowest BCUT2D eigenvalue weighted by Crippen LogP contribution is -2.05. The molecule has 0 unspecified atom stereocenters. The average Bonchev–Trinajstić information content (AvgIpc) is 3.31. The van der Waals surface area contributed by atoms with E-state index in [1.165, 1.54) is 12.1 Å². The van der Waals surface area contributed by atoms with Gasteiger partial charge in [0.05, 0.1) is 16.6 Å². The Kier molecular flexibility index (Phi) is 5.93. The van der Waals surface area contributed by atoms with Crippen molar-refractivity contribution >= 4 is 34.4 Å². The molecule has 2 heterocycles. The molecule has 0 amide bonds. The number of nitrogens with one attached hydrogen (secondary N) is 1. The molecule has 5 rings (SSSR count). The molecule has 0 radical (unpaired) electrons. The Morgan fingerprint density at radius 1 is 0.882 bits per heavy atom. The second-order valence-corrected chi connectivity index (χ2v) is 8.41. The van der Waals surface area contributed by atoms with Crippen LogP contribution in [0.4, 0.5) is 24.9 Å². The predicted molar refractivity (Wildman–Crippen MR) is 126 cm³/mol. The van der Waals surface area contributed by atoms with E-state index in [0.717, 1.165) is 39.1 Å². The molecule has 0 aliphatic rings. The molecule has 0 saturated heterocycles. The van der Waals surface area contributed by atoms with Crippen molar-refractivity contribution in [3.05, 3.63) is 96.2 Å². The monoisotopic (exact) mass is 478 g/mol. The van der Waals surface area contributed by atoms with Crippen molar-refractivity contribution in [1.82, 2.24) is 15.2 Å². The molecule has 9 heteroatoms. The van der Waals surface area contributed by atoms with E-state index in [1.807, 2.05) is 54.6 Å². The van der Waals surface area contributed by atoms with Gasteiger partial charge >= 0.3 is 12.2 Å². The number of thioether (sulfide) groups is 1. The lowest BCUT2D eigenvalue weighted by Gasteiger charge is -2.09. The minimum Gasteiger partial charge on any atom is -0.403 e. The standard InChI is InChI=1S/C25H17F3N4OS/c26-25(27,28)17-6-5-7-18(14-17)30-24-32-31-23(33-24)20-9-2-4-11-22(20)34-15-16-12-13-29-21-10-3-1-8-19(16)21/h1-14H,15H2,(H,30,32). The van der Waals surface area contributed by atoms with Crippen LogP contribution in [0.15, 0.2) is 94.4 Å². The number of fused-ring (bicyclic) bond motifs is 1. The summed E-state index contributed by atoms with van der Waals surface area (Å²) in [6, 6.07) is 22.4. The molecule has 0 aliphatic heterocycles. The molecule has 170 valence electrons. The van der Waals surface area contributed by atoms with Gasteiger partial charge in [0.1, 0.15) is 0 Å². The second kappa shape index (κ2) is 9.18. The number of hydrogen-bond donors (Lipinski definition) is 1. The van der Waals surface area contributed by atoms with Gasteiger partial charge in [-0.25, -0.2) is 0 Å². The van der Waals surface area contributed by atoms with Crippen molar-refractivity contribution < 1.29 is 17.6 Å². The van der Waals surface area contributed by atoms with E-state index in [-0.39, 0.29) is 17.6 Å². The summed E-state index contributed by atoms with van der Waals surface area (Å²) in [5, 5.41) is 11.9. The Hall–Kier alpha value is -3.85. The van der Waals surface area contributed by atoms with Crippen LogP contribution in [-0.2, 0) is 11.9 Å². The fraction of sp³-hybridized carbons (Fsp3) is 0.0800. The number of alkyl halides is 3. The lowest BCUT2D eigenvalue weighted by atomic mass is 10.1. The number of para-hydroxylation sites is 1. The molecule has 0 spiro atoms. The third kappa shape index (κ3) is 4.74. The molecule has 0 bridgehead atoms. The molecule has 5 aromatic rings. The largest absolute Gasteiger partial charge is 0.416 e. The molecule has 3 aromatic carbocycles. The molecule has 0 fully saturated rings. The van der Waals surface area contributed by atoms with E-state index in [0.29, 0.717) is 5.75 Å². The van der Waals surface area contributed by atoms with E-state index in [2.05, 4.69) is 20.5 Å². The van der Waals surface area contributed by atoms with E-state index < -0.39 is 11.7 Å². The first-order valence-corrected chi connectivity index (χ1v) is 11.3. The zero-order valence-corrected chi connectivity index (χ0v) is 18.4. The van der Waals surface area contributed by atoms with Crippen molar-refractivity contribution in [2.24, 2.45) is 0 Å². The van der Waals surface area contributed by atoms with Gasteiger partial charge in [0.15, 0.2) is 0 Å². The van der Waals surface area contributed by atoms with Gasteiger partial charge in [0.25, 0.3) is 5.89 Å². The van der Waals surface area contributed by atoms with E-state index in [4.69, 9.17) is 4.42 Å². The SMILES string of the molecule is FC(F)(F)c1cccc(Nc2nnc(-c3ccccc3SCc3ccnc4ccccc34)o2)c1. The fourth-order valence-electron chi connectivity index (χ4n) is 3.48. The van der Waals surface area contributed by atoms with Crippen LogP contribution in [-0.4, -0.2) is 15.2 Å². The highest BCUT2D eigenvalue weighted by molar-refractivity contribution is 7.98. The molecule has 34 heavy (non-hydrogen) atoms. The number of aromatic nitrogens is 3. The van der Waals surface area contributed by atoms with Gasteiger partial charge in [-0.15, -0.1) is 16.9 Å². The van der Waals surface area contributed by atoms with Gasteiger partial charge in [-0.1, -0.05) is 41.5 Å². The molecular formula is C25H17F3N4OS. The fourth-order valence-corrected chi connectivity index (χ4v) is 4.53. The number of pyridine rings is 1. The van der Waals surface area contributed by atoms with Crippen molar-refractivity contribution in [3.63, 3.8) is 0 Å². The summed E-state index contributed by atoms with van der Waals surface area (Å²) in [5.74, 6) is 0.987. The summed E-state index contributed by atoms with van der Waals surface area (Å²) in [5.41, 5.74) is 2.29. The number of benzene rings is 3. The van der Waals surface area contributed by atoms with Gasteiger partial charge in [-0.2, -0.15) is 13.2 Å². The summed E-state index contributed by atoms with van der Waals surface area (Å²) in [6.07, 6.45) is -2.64. The summed E-state index contributed by atoms with van der Waals surface area (Å²) in [7, 11) is 0. The summed E-state index contributed by atoms with van der Waals surface area (Å²) in [6.45, 7) is 0. The third-order valence-electron chi connectivity index (χ3n) is 5.11. The van der Waals surface area contributed by atoms with Crippen LogP contribution in [0.3, 0.4) is 0 Å². The minimum atomic E-state index is -4.44. The minimum absolute atomic E-state index is 0.00857. The molecule has 2 aromatic heterocycles. The van der Waals surface area contributed by atoms with Crippen molar-refractivity contribution in [1.29, 1.82) is 0 Å². The molecule has 1 N–H and O–H groups in total. The van der Waals surface area contributed by atoms with Crippen LogP contribution in [0.2, 0.25) is 0 Å². The Balaban J connectivity index is 1.36. The second-order valence-electron chi connectivity index (χ2n) is 7.39. The van der Waals surface area contributed by atoms with Crippen LogP contribution in [0, 0.1) is 0 Å². The third-order valence-corrected chi connectivity index (χ3v) is 6.23. The first kappa shape index (κ1) is 22.0. The highest BCUT2D eigenvalue weighted by atomic mass is 32.2. The number of anilines is 2. The van der Waals surface area contributed by atoms with Gasteiger partial charge in [0, 0.05) is 27.9 Å². The summed E-state index contributed by atoms with van der Waals surface area (Å²) in [4.78, 5) is 5.35. The van der Waals surface area contributed by atoms with Crippen molar-refractivity contribution in [2.75, 3.05) is 5.32 Å². The van der Waals surface area contributed by atoms with Gasteiger partial charge in [0.2, 0.25) is 0 Å². The van der Waals surface area contributed by atoms with Gasteiger partial charge in [-0.05, 0) is 48.0 Å². The van der Waals surface area contributed by atoms with E-state index in [9.17, 15) is 13.2 Å². The van der Waals surface area contributed by atoms with Gasteiger partial charge < -0.3 is 9.73 Å². The first-order chi connectivity index (χ1) is 16.5. The smallest absolute Gasteiger partial charge is 0.403 e. The Morgan fingerprint density at radius 2 is 1.71 bits per heavy atom. The van der Waals surface area contributed by atoms with E-state index >= 15 is 0 Å². The Morgan fingerprint density at radius 3 is 2.59 bits per heavy atom. The maximum absolute atomic E-state index is 13.0. The van der Waals surface area contributed by atoms with Crippen LogP contribution in [0.25, 0.3) is 22.4 Å². The van der Waals surface area contributed by atoms with Gasteiger partial charge in [-0.3, -0.25) is 4.98 Å². The number of hydrogen-bond acceptors (Lipinski definition) is 6. The zero-order valence-electron chi connectivity index (χ0n) is 17.6. The highest BCUT2D eigenvalue weighted by Gasteiger charge is 2.30. The summed E-state index contributed by atoms with van der Waals surface area (Å²) >= 11 is 1.63. The van der Waals surface area contributed by atoms with Crippen LogP contribution >= 0.6 is 11.8 Å². The zero-order chi connectivity index (χ0) is 23.5. The molecular weight excluding hydrogens is 461 g/mol. The maximum Gasteiger partial charge on any atom is 0.416 e. The lowest BCUT2D eigenvalue weighted by molar-refractivity contribution is -0.137. The average molecular weight is 478 g/mol. The number of nitrogens with zero attached hydrogens (tertiary/aromatic N) is 3. The molecule has 5 nitrogen and oxygen atoms in total. The topological polar surface area (TPSA) is 63.8 Å². The predicted octanol–water partition coefficient (Wildman–Crippen LogP) is 7.34.